The first-order chi connectivity index (χ1) is 11.4. The van der Waals surface area contributed by atoms with Gasteiger partial charge in [0, 0.05) is 23.7 Å². The van der Waals surface area contributed by atoms with Crippen molar-refractivity contribution in [3.05, 3.63) is 45.7 Å². The molecular formula is C17H23N3O3S. The molecule has 0 radical (unpaired) electrons. The molecule has 0 atom stereocenters. The maximum Gasteiger partial charge on any atom is 0.277 e. The van der Waals surface area contributed by atoms with Crippen molar-refractivity contribution >= 4 is 21.1 Å². The van der Waals surface area contributed by atoms with Crippen LogP contribution in [0.2, 0.25) is 0 Å². The summed E-state index contributed by atoms with van der Waals surface area (Å²) in [4.78, 5) is 15.0. The zero-order chi connectivity index (χ0) is 17.2. The highest BCUT2D eigenvalue weighted by molar-refractivity contribution is 7.87. The molecule has 1 aromatic heterocycles. The molecule has 3 rings (SSSR count). The van der Waals surface area contributed by atoms with E-state index in [-0.39, 0.29) is 18.1 Å². The van der Waals surface area contributed by atoms with Gasteiger partial charge in [-0.3, -0.25) is 4.79 Å². The van der Waals surface area contributed by atoms with Crippen molar-refractivity contribution < 1.29 is 8.42 Å². The third kappa shape index (κ3) is 4.23. The van der Waals surface area contributed by atoms with Gasteiger partial charge in [0.25, 0.3) is 15.8 Å². The Bertz CT molecular complexity index is 884. The van der Waals surface area contributed by atoms with E-state index in [2.05, 4.69) is 14.4 Å². The normalized spacial score (nSPS) is 16.0. The summed E-state index contributed by atoms with van der Waals surface area (Å²) < 4.78 is 29.2. The zero-order valence-electron chi connectivity index (χ0n) is 13.8. The Hall–Kier alpha value is -1.70. The van der Waals surface area contributed by atoms with Gasteiger partial charge in [-0.05, 0) is 49.3 Å². The summed E-state index contributed by atoms with van der Waals surface area (Å²) in [5.41, 5.74) is 2.29. The number of pyridine rings is 1. The SMILES string of the molecule is Cc1ccc2cc(CCNS(=O)(=O)NC3CCCC3)c(=O)[nH]c2c1. The second-order valence-electron chi connectivity index (χ2n) is 6.46. The van der Waals surface area contributed by atoms with Gasteiger partial charge in [0.15, 0.2) is 0 Å². The second kappa shape index (κ2) is 7.04. The molecule has 1 heterocycles. The molecule has 0 bridgehead atoms. The lowest BCUT2D eigenvalue weighted by Gasteiger charge is -2.13. The number of nitrogens with one attached hydrogen (secondary N) is 3. The molecule has 0 saturated heterocycles. The second-order valence-corrected chi connectivity index (χ2v) is 7.99. The smallest absolute Gasteiger partial charge is 0.277 e. The van der Waals surface area contributed by atoms with Crippen molar-refractivity contribution in [2.75, 3.05) is 6.54 Å². The molecule has 3 N–H and O–H groups in total. The van der Waals surface area contributed by atoms with Gasteiger partial charge in [0.05, 0.1) is 0 Å². The summed E-state index contributed by atoms with van der Waals surface area (Å²) in [6, 6.07) is 7.73. The average molecular weight is 349 g/mol. The predicted octanol–water partition coefficient (Wildman–Crippen LogP) is 1.75. The van der Waals surface area contributed by atoms with Crippen LogP contribution < -0.4 is 15.0 Å². The molecule has 0 unspecified atom stereocenters. The number of rotatable bonds is 6. The summed E-state index contributed by atoms with van der Waals surface area (Å²) >= 11 is 0. The minimum absolute atomic E-state index is 0.0369. The fraction of sp³-hybridized carbons (Fsp3) is 0.471. The fourth-order valence-electron chi connectivity index (χ4n) is 3.17. The van der Waals surface area contributed by atoms with Crippen LogP contribution in [0.3, 0.4) is 0 Å². The van der Waals surface area contributed by atoms with Crippen LogP contribution in [0.5, 0.6) is 0 Å². The van der Waals surface area contributed by atoms with Crippen LogP contribution in [-0.4, -0.2) is 26.0 Å². The minimum Gasteiger partial charge on any atom is -0.322 e. The molecule has 1 aliphatic carbocycles. The Morgan fingerprint density at radius 1 is 1.21 bits per heavy atom. The average Bonchev–Trinajstić information content (AvgIpc) is 3.00. The van der Waals surface area contributed by atoms with E-state index in [4.69, 9.17) is 0 Å². The fourth-order valence-corrected chi connectivity index (χ4v) is 4.30. The predicted molar refractivity (Wildman–Crippen MR) is 95.3 cm³/mol. The summed E-state index contributed by atoms with van der Waals surface area (Å²) in [5.74, 6) is 0. The van der Waals surface area contributed by atoms with E-state index in [9.17, 15) is 13.2 Å². The largest absolute Gasteiger partial charge is 0.322 e. The third-order valence-electron chi connectivity index (χ3n) is 4.44. The number of fused-ring (bicyclic) bond motifs is 1. The number of hydrogen-bond donors (Lipinski definition) is 3. The molecule has 1 fully saturated rings. The molecule has 0 spiro atoms. The van der Waals surface area contributed by atoms with E-state index in [1.165, 1.54) is 0 Å². The first kappa shape index (κ1) is 17.1. The summed E-state index contributed by atoms with van der Waals surface area (Å²) in [6.45, 7) is 2.17. The number of hydrogen-bond acceptors (Lipinski definition) is 3. The molecule has 24 heavy (non-hydrogen) atoms. The highest BCUT2D eigenvalue weighted by atomic mass is 32.2. The molecular weight excluding hydrogens is 326 g/mol. The van der Waals surface area contributed by atoms with E-state index in [1.807, 2.05) is 31.2 Å². The van der Waals surface area contributed by atoms with E-state index < -0.39 is 10.2 Å². The number of aromatic nitrogens is 1. The van der Waals surface area contributed by atoms with Crippen LogP contribution in [0.1, 0.15) is 36.8 Å². The highest BCUT2D eigenvalue weighted by Crippen LogP contribution is 2.18. The van der Waals surface area contributed by atoms with Gasteiger partial charge in [0.2, 0.25) is 0 Å². The first-order valence-corrected chi connectivity index (χ1v) is 9.81. The van der Waals surface area contributed by atoms with Crippen LogP contribution in [0, 0.1) is 6.92 Å². The molecule has 1 aliphatic rings. The number of benzene rings is 1. The van der Waals surface area contributed by atoms with Crippen molar-refractivity contribution in [3.8, 4) is 0 Å². The summed E-state index contributed by atoms with van der Waals surface area (Å²) in [5, 5.41) is 0.946. The number of aryl methyl sites for hydroxylation is 1. The van der Waals surface area contributed by atoms with Crippen LogP contribution in [0.15, 0.2) is 29.1 Å². The Morgan fingerprint density at radius 3 is 2.71 bits per heavy atom. The molecule has 0 amide bonds. The maximum absolute atomic E-state index is 12.1. The number of H-pyrrole nitrogens is 1. The first-order valence-electron chi connectivity index (χ1n) is 8.32. The van der Waals surface area contributed by atoms with Crippen LogP contribution >= 0.6 is 0 Å². The van der Waals surface area contributed by atoms with Crippen molar-refractivity contribution in [1.82, 2.24) is 14.4 Å². The van der Waals surface area contributed by atoms with E-state index in [1.54, 1.807) is 0 Å². The van der Waals surface area contributed by atoms with Crippen molar-refractivity contribution in [2.45, 2.75) is 45.1 Å². The van der Waals surface area contributed by atoms with E-state index >= 15 is 0 Å². The standard InChI is InChI=1S/C17H23N3O3S/c1-12-6-7-13-11-14(17(21)19-16(13)10-12)8-9-18-24(22,23)20-15-4-2-3-5-15/h6-7,10-11,15,18,20H,2-5,8-9H2,1H3,(H,19,21). The molecule has 1 aromatic carbocycles. The van der Waals surface area contributed by atoms with E-state index in [0.717, 1.165) is 42.1 Å². The van der Waals surface area contributed by atoms with Crippen LogP contribution in [-0.2, 0) is 16.6 Å². The number of aromatic amines is 1. The minimum atomic E-state index is -3.51. The van der Waals surface area contributed by atoms with Crippen molar-refractivity contribution in [1.29, 1.82) is 0 Å². The quantitative estimate of drug-likeness (QED) is 0.742. The Labute approximate surface area is 141 Å². The van der Waals surface area contributed by atoms with Crippen molar-refractivity contribution in [3.63, 3.8) is 0 Å². The summed E-state index contributed by atoms with van der Waals surface area (Å²) in [6.07, 6.45) is 4.28. The lowest BCUT2D eigenvalue weighted by Crippen LogP contribution is -2.42. The van der Waals surface area contributed by atoms with Crippen LogP contribution in [0.25, 0.3) is 10.9 Å². The lowest BCUT2D eigenvalue weighted by molar-refractivity contribution is 0.539. The van der Waals surface area contributed by atoms with Gasteiger partial charge in [-0.2, -0.15) is 13.1 Å². The molecule has 130 valence electrons. The Kier molecular flexibility index (Phi) is 5.03. The van der Waals surface area contributed by atoms with Gasteiger partial charge < -0.3 is 4.98 Å². The third-order valence-corrected chi connectivity index (χ3v) is 5.67. The molecule has 6 nitrogen and oxygen atoms in total. The van der Waals surface area contributed by atoms with Gasteiger partial charge in [-0.15, -0.1) is 0 Å². The van der Waals surface area contributed by atoms with Gasteiger partial charge in [-0.25, -0.2) is 4.72 Å². The Balaban J connectivity index is 1.64. The summed E-state index contributed by atoms with van der Waals surface area (Å²) in [7, 11) is -3.51. The van der Waals surface area contributed by atoms with Crippen molar-refractivity contribution in [2.24, 2.45) is 0 Å². The molecule has 7 heteroatoms. The molecule has 2 aromatic rings. The lowest BCUT2D eigenvalue weighted by atomic mass is 10.1. The Morgan fingerprint density at radius 2 is 1.96 bits per heavy atom. The van der Waals surface area contributed by atoms with Gasteiger partial charge in [-0.1, -0.05) is 25.0 Å². The monoisotopic (exact) mass is 349 g/mol. The topological polar surface area (TPSA) is 91.1 Å². The van der Waals surface area contributed by atoms with E-state index in [0.29, 0.717) is 12.0 Å². The zero-order valence-corrected chi connectivity index (χ0v) is 14.6. The highest BCUT2D eigenvalue weighted by Gasteiger charge is 2.20. The van der Waals surface area contributed by atoms with Gasteiger partial charge >= 0.3 is 0 Å². The van der Waals surface area contributed by atoms with Crippen LogP contribution in [0.4, 0.5) is 0 Å². The van der Waals surface area contributed by atoms with Gasteiger partial charge in [0.1, 0.15) is 0 Å². The molecule has 0 aliphatic heterocycles. The maximum atomic E-state index is 12.1. The molecule has 1 saturated carbocycles.